The molecule has 5 heteroatoms. The van der Waals surface area contributed by atoms with Crippen LogP contribution in [-0.2, 0) is 13.0 Å². The fourth-order valence-electron chi connectivity index (χ4n) is 2.71. The van der Waals surface area contributed by atoms with E-state index in [2.05, 4.69) is 49.0 Å². The molecule has 4 rings (SSSR count). The van der Waals surface area contributed by atoms with Crippen LogP contribution in [0.5, 0.6) is 0 Å². The third-order valence-electron chi connectivity index (χ3n) is 3.80. The van der Waals surface area contributed by atoms with E-state index in [4.69, 9.17) is 4.42 Å². The Morgan fingerprint density at radius 1 is 1.09 bits per heavy atom. The minimum absolute atomic E-state index is 0.611. The topological polar surface area (TPSA) is 42.2 Å². The van der Waals surface area contributed by atoms with Gasteiger partial charge in [0.05, 0.1) is 12.2 Å². The Bertz CT molecular complexity index is 801. The number of anilines is 1. The second-order valence-corrected chi connectivity index (χ2v) is 6.08. The van der Waals surface area contributed by atoms with E-state index < -0.39 is 0 Å². The number of oxazole rings is 1. The highest BCUT2D eigenvalue weighted by Gasteiger charge is 2.24. The molecule has 1 aliphatic heterocycles. The van der Waals surface area contributed by atoms with Crippen LogP contribution in [0.15, 0.2) is 57.6 Å². The maximum Gasteiger partial charge on any atom is 0.245 e. The van der Waals surface area contributed by atoms with E-state index in [1.165, 1.54) is 5.69 Å². The Kier molecular flexibility index (Phi) is 3.42. The van der Waals surface area contributed by atoms with Crippen LogP contribution < -0.4 is 4.90 Å². The van der Waals surface area contributed by atoms with Gasteiger partial charge in [0.25, 0.3) is 0 Å². The van der Waals surface area contributed by atoms with Crippen LogP contribution in [0.4, 0.5) is 5.69 Å². The zero-order valence-corrected chi connectivity index (χ0v) is 13.5. The van der Waals surface area contributed by atoms with Crippen molar-refractivity contribution in [2.45, 2.75) is 13.0 Å². The number of para-hydroxylation sites is 1. The first-order chi connectivity index (χ1) is 10.8. The van der Waals surface area contributed by atoms with Crippen LogP contribution in [0, 0.1) is 0 Å². The second kappa shape index (κ2) is 5.57. The highest BCUT2D eigenvalue weighted by molar-refractivity contribution is 9.10. The summed E-state index contributed by atoms with van der Waals surface area (Å²) in [6.45, 7) is 1.68. The monoisotopic (exact) mass is 355 g/mol. The van der Waals surface area contributed by atoms with Crippen molar-refractivity contribution in [3.63, 3.8) is 0 Å². The molecule has 0 N–H and O–H groups in total. The van der Waals surface area contributed by atoms with Gasteiger partial charge < -0.3 is 9.32 Å². The molecule has 0 saturated heterocycles. The molecule has 22 heavy (non-hydrogen) atoms. The Morgan fingerprint density at radius 3 is 2.77 bits per heavy atom. The second-order valence-electron chi connectivity index (χ2n) is 5.23. The van der Waals surface area contributed by atoms with Crippen LogP contribution in [0.1, 0.15) is 11.5 Å². The smallest absolute Gasteiger partial charge is 0.245 e. The number of hydrogen-bond acceptors (Lipinski definition) is 4. The van der Waals surface area contributed by atoms with Crippen LogP contribution in [0.25, 0.3) is 11.6 Å². The molecule has 3 aromatic rings. The van der Waals surface area contributed by atoms with Gasteiger partial charge in [0.1, 0.15) is 17.1 Å². The summed E-state index contributed by atoms with van der Waals surface area (Å²) in [4.78, 5) is 11.3. The number of fused-ring (bicyclic) bond motifs is 1. The highest BCUT2D eigenvalue weighted by Crippen LogP contribution is 2.31. The predicted octanol–water partition coefficient (Wildman–Crippen LogP) is 4.06. The SMILES string of the molecule is Brc1ccccc1N1CCc2oc(-c3ccccn3)nc2C1. The van der Waals surface area contributed by atoms with E-state index in [1.807, 2.05) is 24.3 Å². The third kappa shape index (κ3) is 2.41. The Morgan fingerprint density at radius 2 is 1.95 bits per heavy atom. The Hall–Kier alpha value is -2.14. The van der Waals surface area contributed by atoms with Crippen LogP contribution in [-0.4, -0.2) is 16.5 Å². The lowest BCUT2D eigenvalue weighted by atomic mass is 10.1. The molecule has 0 radical (unpaired) electrons. The summed E-state index contributed by atoms with van der Waals surface area (Å²) in [6, 6.07) is 14.0. The van der Waals surface area contributed by atoms with Gasteiger partial charge in [-0.15, -0.1) is 0 Å². The summed E-state index contributed by atoms with van der Waals surface area (Å²) in [5.41, 5.74) is 2.97. The van der Waals surface area contributed by atoms with Crippen molar-refractivity contribution in [2.75, 3.05) is 11.4 Å². The van der Waals surface area contributed by atoms with Gasteiger partial charge in [-0.2, -0.15) is 0 Å². The summed E-state index contributed by atoms with van der Waals surface area (Å²) >= 11 is 3.62. The molecule has 4 nitrogen and oxygen atoms in total. The summed E-state index contributed by atoms with van der Waals surface area (Å²) in [5, 5.41) is 0. The summed E-state index contributed by atoms with van der Waals surface area (Å²) in [6.07, 6.45) is 2.61. The fraction of sp³-hybridized carbons (Fsp3) is 0.176. The van der Waals surface area contributed by atoms with E-state index >= 15 is 0 Å². The zero-order chi connectivity index (χ0) is 14.9. The molecule has 110 valence electrons. The van der Waals surface area contributed by atoms with Gasteiger partial charge in [-0.3, -0.25) is 4.98 Å². The van der Waals surface area contributed by atoms with Gasteiger partial charge in [-0.1, -0.05) is 18.2 Å². The molecule has 0 fully saturated rings. The normalized spacial score (nSPS) is 14.0. The highest BCUT2D eigenvalue weighted by atomic mass is 79.9. The molecular weight excluding hydrogens is 342 g/mol. The number of nitrogens with zero attached hydrogens (tertiary/aromatic N) is 3. The van der Waals surface area contributed by atoms with Gasteiger partial charge in [0.15, 0.2) is 0 Å². The van der Waals surface area contributed by atoms with E-state index in [-0.39, 0.29) is 0 Å². The van der Waals surface area contributed by atoms with Crippen molar-refractivity contribution in [2.24, 2.45) is 0 Å². The van der Waals surface area contributed by atoms with Crippen molar-refractivity contribution >= 4 is 21.6 Å². The van der Waals surface area contributed by atoms with Crippen molar-refractivity contribution in [3.8, 4) is 11.6 Å². The first-order valence-electron chi connectivity index (χ1n) is 7.21. The minimum atomic E-state index is 0.611. The quantitative estimate of drug-likeness (QED) is 0.695. The lowest BCUT2D eigenvalue weighted by molar-refractivity contribution is 0.498. The number of benzene rings is 1. The van der Waals surface area contributed by atoms with Crippen LogP contribution >= 0.6 is 15.9 Å². The standard InChI is InChI=1S/C17H14BrN3O/c18-12-5-1-2-7-15(12)21-10-8-16-14(11-21)20-17(22-16)13-6-3-4-9-19-13/h1-7,9H,8,10-11H2. The Labute approximate surface area is 136 Å². The Balaban J connectivity index is 1.64. The molecule has 1 aromatic carbocycles. The average Bonchev–Trinajstić information content (AvgIpc) is 2.99. The largest absolute Gasteiger partial charge is 0.439 e. The summed E-state index contributed by atoms with van der Waals surface area (Å²) in [7, 11) is 0. The van der Waals surface area contributed by atoms with E-state index in [1.54, 1.807) is 6.20 Å². The molecule has 0 atom stereocenters. The number of aromatic nitrogens is 2. The molecule has 0 aliphatic carbocycles. The van der Waals surface area contributed by atoms with Crippen LogP contribution in [0.3, 0.4) is 0 Å². The molecule has 0 amide bonds. The minimum Gasteiger partial charge on any atom is -0.439 e. The average molecular weight is 356 g/mol. The molecule has 1 aliphatic rings. The van der Waals surface area contributed by atoms with E-state index in [0.29, 0.717) is 5.89 Å². The number of rotatable bonds is 2. The van der Waals surface area contributed by atoms with Gasteiger partial charge in [0, 0.05) is 23.6 Å². The zero-order valence-electron chi connectivity index (χ0n) is 11.9. The molecular formula is C17H14BrN3O. The third-order valence-corrected chi connectivity index (χ3v) is 4.48. The lowest BCUT2D eigenvalue weighted by Gasteiger charge is -2.28. The van der Waals surface area contributed by atoms with Gasteiger partial charge in [-0.25, -0.2) is 4.98 Å². The van der Waals surface area contributed by atoms with Gasteiger partial charge in [-0.05, 0) is 40.2 Å². The molecule has 0 spiro atoms. The van der Waals surface area contributed by atoms with E-state index in [0.717, 1.165) is 41.1 Å². The number of pyridine rings is 1. The van der Waals surface area contributed by atoms with Crippen molar-refractivity contribution < 1.29 is 4.42 Å². The fourth-order valence-corrected chi connectivity index (χ4v) is 3.25. The molecule has 3 heterocycles. The number of hydrogen-bond donors (Lipinski definition) is 0. The van der Waals surface area contributed by atoms with Crippen molar-refractivity contribution in [3.05, 3.63) is 64.6 Å². The van der Waals surface area contributed by atoms with Gasteiger partial charge >= 0.3 is 0 Å². The predicted molar refractivity (Wildman–Crippen MR) is 88.6 cm³/mol. The first-order valence-corrected chi connectivity index (χ1v) is 8.00. The lowest BCUT2D eigenvalue weighted by Crippen LogP contribution is -2.30. The van der Waals surface area contributed by atoms with E-state index in [9.17, 15) is 0 Å². The molecule has 2 aromatic heterocycles. The molecule has 0 unspecified atom stereocenters. The summed E-state index contributed by atoms with van der Waals surface area (Å²) < 4.78 is 7.00. The van der Waals surface area contributed by atoms with Crippen molar-refractivity contribution in [1.29, 1.82) is 0 Å². The molecule has 0 bridgehead atoms. The summed E-state index contributed by atoms with van der Waals surface area (Å²) in [5.74, 6) is 1.59. The maximum absolute atomic E-state index is 5.89. The van der Waals surface area contributed by atoms with Crippen molar-refractivity contribution in [1.82, 2.24) is 9.97 Å². The molecule has 0 saturated carbocycles. The van der Waals surface area contributed by atoms with Crippen LogP contribution in [0.2, 0.25) is 0 Å². The van der Waals surface area contributed by atoms with Gasteiger partial charge in [0.2, 0.25) is 5.89 Å². The first kappa shape index (κ1) is 13.5. The maximum atomic E-state index is 5.89. The number of halogens is 1.